The minimum absolute atomic E-state index is 0.00638. The quantitative estimate of drug-likeness (QED) is 0.463. The molecule has 0 aromatic heterocycles. The van der Waals surface area contributed by atoms with E-state index in [4.69, 9.17) is 21.1 Å². The number of aliphatic hydroxyl groups is 2. The molecule has 190 valence electrons. The third-order valence-electron chi connectivity index (χ3n) is 6.88. The van der Waals surface area contributed by atoms with Crippen molar-refractivity contribution in [2.75, 3.05) is 26.2 Å². The van der Waals surface area contributed by atoms with E-state index in [-0.39, 0.29) is 32.0 Å². The molecule has 1 saturated heterocycles. The molecule has 1 heterocycles. The summed E-state index contributed by atoms with van der Waals surface area (Å²) in [6, 6.07) is 16.9. The van der Waals surface area contributed by atoms with Crippen LogP contribution in [0, 0.1) is 0 Å². The maximum Gasteiger partial charge on any atom is 0.252 e. The first-order valence-corrected chi connectivity index (χ1v) is 12.7. The molecule has 0 radical (unpaired) electrons. The normalized spacial score (nSPS) is 27.1. The highest BCUT2D eigenvalue weighted by Crippen LogP contribution is 2.35. The van der Waals surface area contributed by atoms with Gasteiger partial charge in [-0.3, -0.25) is 4.79 Å². The van der Waals surface area contributed by atoms with E-state index in [1.807, 2.05) is 42.5 Å². The Hall–Kier alpha value is -2.00. The number of hydrogen-bond donors (Lipinski definition) is 3. The van der Waals surface area contributed by atoms with Gasteiger partial charge in [-0.05, 0) is 49.2 Å². The largest absolute Gasteiger partial charge is 0.390 e. The zero-order chi connectivity index (χ0) is 24.7. The van der Waals surface area contributed by atoms with Crippen LogP contribution in [0.25, 0.3) is 0 Å². The summed E-state index contributed by atoms with van der Waals surface area (Å²) < 4.78 is 12.3. The van der Waals surface area contributed by atoms with Crippen molar-refractivity contribution in [1.82, 2.24) is 10.2 Å². The number of benzene rings is 2. The third-order valence-corrected chi connectivity index (χ3v) is 7.12. The van der Waals surface area contributed by atoms with E-state index in [0.717, 1.165) is 30.8 Å². The predicted octanol–water partition coefficient (Wildman–Crippen LogP) is 2.91. The van der Waals surface area contributed by atoms with Gasteiger partial charge in [0.05, 0.1) is 25.4 Å². The van der Waals surface area contributed by atoms with Gasteiger partial charge < -0.3 is 29.9 Å². The molecule has 1 aliphatic heterocycles. The van der Waals surface area contributed by atoms with E-state index < -0.39 is 23.9 Å². The van der Waals surface area contributed by atoms with Crippen molar-refractivity contribution in [2.45, 2.75) is 62.8 Å². The van der Waals surface area contributed by atoms with Crippen LogP contribution in [0.4, 0.5) is 0 Å². The van der Waals surface area contributed by atoms with Gasteiger partial charge in [0.2, 0.25) is 0 Å². The van der Waals surface area contributed by atoms with Gasteiger partial charge in [-0.15, -0.1) is 0 Å². The number of halogens is 1. The van der Waals surface area contributed by atoms with Crippen LogP contribution in [0.3, 0.4) is 0 Å². The summed E-state index contributed by atoms with van der Waals surface area (Å²) >= 11 is 6.08. The SMILES string of the molecule is O=C(NCCN1CCCC1)[C@@]1(OCc2ccccc2)CC(OCc2cccc(Cl)c2)[C@H](O)[C@H](O)C1. The van der Waals surface area contributed by atoms with E-state index in [2.05, 4.69) is 10.2 Å². The second-order valence-electron chi connectivity index (χ2n) is 9.52. The maximum atomic E-state index is 13.5. The molecule has 2 fully saturated rings. The first-order chi connectivity index (χ1) is 16.9. The number of nitrogens with zero attached hydrogens (tertiary/aromatic N) is 1. The van der Waals surface area contributed by atoms with Crippen LogP contribution in [0.5, 0.6) is 0 Å². The average molecular weight is 503 g/mol. The molecule has 3 N–H and O–H groups in total. The molecular formula is C27H35ClN2O5. The fourth-order valence-electron chi connectivity index (χ4n) is 4.88. The molecule has 4 atom stereocenters. The Morgan fingerprint density at radius 2 is 1.77 bits per heavy atom. The Morgan fingerprint density at radius 3 is 2.51 bits per heavy atom. The van der Waals surface area contributed by atoms with Gasteiger partial charge in [0, 0.05) is 31.0 Å². The molecule has 1 amide bonds. The summed E-state index contributed by atoms with van der Waals surface area (Å²) in [6.07, 6.45) is -0.560. The van der Waals surface area contributed by atoms with Crippen molar-refractivity contribution < 1.29 is 24.5 Å². The van der Waals surface area contributed by atoms with Crippen LogP contribution >= 0.6 is 11.6 Å². The number of carbonyl (C=O) groups is 1. The van der Waals surface area contributed by atoms with Crippen molar-refractivity contribution in [3.05, 3.63) is 70.7 Å². The molecule has 8 heteroatoms. The first-order valence-electron chi connectivity index (χ1n) is 12.4. The summed E-state index contributed by atoms with van der Waals surface area (Å²) in [5, 5.41) is 25.1. The number of amides is 1. The van der Waals surface area contributed by atoms with Crippen LogP contribution in [-0.4, -0.2) is 71.1 Å². The van der Waals surface area contributed by atoms with Gasteiger partial charge in [-0.25, -0.2) is 0 Å². The monoisotopic (exact) mass is 502 g/mol. The van der Waals surface area contributed by atoms with Crippen molar-refractivity contribution >= 4 is 17.5 Å². The molecule has 0 spiro atoms. The number of rotatable bonds is 10. The molecule has 4 rings (SSSR count). The highest BCUT2D eigenvalue weighted by Gasteiger charge is 2.51. The third kappa shape index (κ3) is 7.03. The maximum absolute atomic E-state index is 13.5. The van der Waals surface area contributed by atoms with Gasteiger partial charge in [0.1, 0.15) is 6.10 Å². The number of likely N-dealkylation sites (tertiary alicyclic amines) is 1. The lowest BCUT2D eigenvalue weighted by Gasteiger charge is -2.44. The van der Waals surface area contributed by atoms with Gasteiger partial charge in [0.25, 0.3) is 5.91 Å². The lowest BCUT2D eigenvalue weighted by molar-refractivity contribution is -0.200. The van der Waals surface area contributed by atoms with Crippen molar-refractivity contribution in [3.8, 4) is 0 Å². The highest BCUT2D eigenvalue weighted by atomic mass is 35.5. The van der Waals surface area contributed by atoms with Crippen LogP contribution in [-0.2, 0) is 27.5 Å². The summed E-state index contributed by atoms with van der Waals surface area (Å²) in [7, 11) is 0. The molecule has 0 bridgehead atoms. The number of ether oxygens (including phenoxy) is 2. The molecule has 1 aliphatic carbocycles. The Labute approximate surface area is 212 Å². The van der Waals surface area contributed by atoms with Crippen LogP contribution < -0.4 is 5.32 Å². The fraction of sp³-hybridized carbons (Fsp3) is 0.519. The minimum atomic E-state index is -1.32. The van der Waals surface area contributed by atoms with E-state index in [1.54, 1.807) is 12.1 Å². The van der Waals surface area contributed by atoms with E-state index in [9.17, 15) is 15.0 Å². The average Bonchev–Trinajstić information content (AvgIpc) is 3.38. The van der Waals surface area contributed by atoms with Gasteiger partial charge in [-0.2, -0.15) is 0 Å². The van der Waals surface area contributed by atoms with Crippen molar-refractivity contribution in [1.29, 1.82) is 0 Å². The zero-order valence-corrected chi connectivity index (χ0v) is 20.7. The first kappa shape index (κ1) is 26.1. The smallest absolute Gasteiger partial charge is 0.252 e. The number of nitrogens with one attached hydrogen (secondary N) is 1. The molecule has 1 saturated carbocycles. The van der Waals surface area contributed by atoms with Gasteiger partial charge in [-0.1, -0.05) is 54.1 Å². The fourth-order valence-corrected chi connectivity index (χ4v) is 5.10. The van der Waals surface area contributed by atoms with Crippen molar-refractivity contribution in [3.63, 3.8) is 0 Å². The van der Waals surface area contributed by atoms with E-state index in [1.165, 1.54) is 12.8 Å². The minimum Gasteiger partial charge on any atom is -0.390 e. The number of carbonyl (C=O) groups excluding carboxylic acids is 1. The number of hydrogen-bond acceptors (Lipinski definition) is 6. The Morgan fingerprint density at radius 1 is 1.03 bits per heavy atom. The van der Waals surface area contributed by atoms with Crippen LogP contribution in [0.1, 0.15) is 36.8 Å². The van der Waals surface area contributed by atoms with Crippen LogP contribution in [0.15, 0.2) is 54.6 Å². The highest BCUT2D eigenvalue weighted by molar-refractivity contribution is 6.30. The zero-order valence-electron chi connectivity index (χ0n) is 19.9. The Bertz CT molecular complexity index is 956. The second kappa shape index (κ2) is 12.3. The molecule has 1 unspecified atom stereocenters. The molecule has 2 aliphatic rings. The van der Waals surface area contributed by atoms with Gasteiger partial charge >= 0.3 is 0 Å². The van der Waals surface area contributed by atoms with Gasteiger partial charge in [0.15, 0.2) is 5.60 Å². The molecule has 2 aromatic carbocycles. The molecular weight excluding hydrogens is 468 g/mol. The topological polar surface area (TPSA) is 91.3 Å². The molecule has 2 aromatic rings. The summed E-state index contributed by atoms with van der Waals surface area (Å²) in [5.74, 6) is -0.282. The summed E-state index contributed by atoms with van der Waals surface area (Å²) in [5.41, 5.74) is 0.447. The second-order valence-corrected chi connectivity index (χ2v) is 9.96. The predicted molar refractivity (Wildman–Crippen MR) is 134 cm³/mol. The number of aliphatic hydroxyl groups excluding tert-OH is 2. The Kier molecular flexibility index (Phi) is 9.16. The lowest BCUT2D eigenvalue weighted by Crippen LogP contribution is -2.61. The lowest BCUT2D eigenvalue weighted by atomic mass is 9.78. The summed E-state index contributed by atoms with van der Waals surface area (Å²) in [6.45, 7) is 3.79. The molecule has 7 nitrogen and oxygen atoms in total. The van der Waals surface area contributed by atoms with E-state index >= 15 is 0 Å². The summed E-state index contributed by atoms with van der Waals surface area (Å²) in [4.78, 5) is 15.8. The Balaban J connectivity index is 1.47. The van der Waals surface area contributed by atoms with Crippen LogP contribution in [0.2, 0.25) is 5.02 Å². The van der Waals surface area contributed by atoms with Crippen molar-refractivity contribution in [2.24, 2.45) is 0 Å². The molecule has 35 heavy (non-hydrogen) atoms. The standard InChI is InChI=1S/C27H35ClN2O5/c28-22-10-6-9-21(15-22)18-34-24-17-27(16-23(31)25(24)32,35-19-20-7-2-1-3-8-20)26(33)29-11-14-30-12-4-5-13-30/h1-3,6-10,15,23-25,31-32H,4-5,11-14,16-19H2,(H,29,33)/t23-,24?,25-,27+/m1/s1. The van der Waals surface area contributed by atoms with E-state index in [0.29, 0.717) is 11.6 Å².